The summed E-state index contributed by atoms with van der Waals surface area (Å²) in [4.78, 5) is 20.7. The number of rotatable bonds is 12. The third-order valence-corrected chi connectivity index (χ3v) is 10.1. The van der Waals surface area contributed by atoms with Gasteiger partial charge >= 0.3 is 0 Å². The maximum Gasteiger partial charge on any atom is 0.278 e. The van der Waals surface area contributed by atoms with E-state index in [-0.39, 0.29) is 22.9 Å². The van der Waals surface area contributed by atoms with Gasteiger partial charge in [0.05, 0.1) is 16.3 Å². The molecule has 37 heavy (non-hydrogen) atoms. The van der Waals surface area contributed by atoms with Crippen LogP contribution in [0.5, 0.6) is 5.19 Å². The van der Waals surface area contributed by atoms with E-state index in [0.717, 1.165) is 75.7 Å². The molecule has 2 aliphatic rings. The summed E-state index contributed by atoms with van der Waals surface area (Å²) in [5.41, 5.74) is 0.946. The lowest BCUT2D eigenvalue weighted by Gasteiger charge is -2.31. The summed E-state index contributed by atoms with van der Waals surface area (Å²) in [5.74, 6) is -1.97. The van der Waals surface area contributed by atoms with E-state index in [4.69, 9.17) is 4.74 Å². The van der Waals surface area contributed by atoms with E-state index in [1.807, 2.05) is 0 Å². The highest BCUT2D eigenvalue weighted by molar-refractivity contribution is 7.91. The molecule has 10 heteroatoms. The molecule has 4 rings (SSSR count). The molecule has 0 spiro atoms. The number of Topliss-reactive ketones (excluding diaryl/α,β-unsaturated/α-hetero) is 1. The summed E-state index contributed by atoms with van der Waals surface area (Å²) in [5, 5.41) is 0.332. The van der Waals surface area contributed by atoms with Crippen LogP contribution in [0.4, 0.5) is 8.78 Å². The molecule has 2 heterocycles. The van der Waals surface area contributed by atoms with Gasteiger partial charge in [-0.1, -0.05) is 42.4 Å². The number of aromatic nitrogens is 1. The van der Waals surface area contributed by atoms with Crippen LogP contribution in [-0.4, -0.2) is 55.5 Å². The van der Waals surface area contributed by atoms with E-state index >= 15 is 0 Å². The van der Waals surface area contributed by atoms with Crippen LogP contribution in [0, 0.1) is 11.8 Å². The molecule has 0 unspecified atom stereocenters. The summed E-state index contributed by atoms with van der Waals surface area (Å²) in [7, 11) is -3.42. The lowest BCUT2D eigenvalue weighted by Crippen LogP contribution is -2.32. The highest BCUT2D eigenvalue weighted by Crippen LogP contribution is 2.34. The highest BCUT2D eigenvalue weighted by atomic mass is 32.2. The minimum Gasteiger partial charge on any atom is -0.464 e. The van der Waals surface area contributed by atoms with E-state index < -0.39 is 22.4 Å². The second-order valence-corrected chi connectivity index (χ2v) is 13.7. The van der Waals surface area contributed by atoms with Gasteiger partial charge in [0, 0.05) is 37.7 Å². The molecule has 6 nitrogen and oxygen atoms in total. The standard InChI is InChI=1S/C27H36F2N2O4S2/c1-27(28,29)19-35-26-30-24-18-31(15-12-25(24)36-26)14-11-20-7-9-21(10-8-20)17-22(32)13-16-37(33,34)23-5-3-2-4-6-23/h2-6,20-21H,7-19H2,1H3. The third-order valence-electron chi connectivity index (χ3n) is 7.32. The summed E-state index contributed by atoms with van der Waals surface area (Å²) >= 11 is 1.38. The Morgan fingerprint density at radius 3 is 2.57 bits per heavy atom. The van der Waals surface area contributed by atoms with E-state index in [9.17, 15) is 22.0 Å². The molecule has 0 amide bonds. The van der Waals surface area contributed by atoms with Crippen molar-refractivity contribution in [2.24, 2.45) is 11.8 Å². The summed E-state index contributed by atoms with van der Waals surface area (Å²) in [6, 6.07) is 8.31. The van der Waals surface area contributed by atoms with Crippen molar-refractivity contribution in [2.45, 2.75) is 75.7 Å². The molecule has 2 aromatic rings. The number of sulfone groups is 1. The van der Waals surface area contributed by atoms with Crippen LogP contribution in [0.3, 0.4) is 0 Å². The average molecular weight is 555 g/mol. The number of fused-ring (bicyclic) bond motifs is 1. The Morgan fingerprint density at radius 1 is 1.16 bits per heavy atom. The maximum absolute atomic E-state index is 13.1. The molecule has 1 aromatic carbocycles. The van der Waals surface area contributed by atoms with Gasteiger partial charge in [-0.2, -0.15) is 0 Å². The maximum atomic E-state index is 13.1. The third kappa shape index (κ3) is 8.55. The predicted octanol–water partition coefficient (Wildman–Crippen LogP) is 5.55. The van der Waals surface area contributed by atoms with Crippen LogP contribution < -0.4 is 4.74 Å². The molecule has 0 bridgehead atoms. The number of hydrogen-bond donors (Lipinski definition) is 0. The smallest absolute Gasteiger partial charge is 0.278 e. The molecule has 1 aromatic heterocycles. The number of hydrogen-bond acceptors (Lipinski definition) is 7. The van der Waals surface area contributed by atoms with E-state index in [1.165, 1.54) is 11.3 Å². The molecule has 0 saturated heterocycles. The van der Waals surface area contributed by atoms with E-state index in [1.54, 1.807) is 30.3 Å². The fraction of sp³-hybridized carbons (Fsp3) is 0.630. The summed E-state index contributed by atoms with van der Waals surface area (Å²) in [6.45, 7) is 2.84. The quantitative estimate of drug-likeness (QED) is 0.342. The van der Waals surface area contributed by atoms with Gasteiger partial charge < -0.3 is 4.74 Å². The van der Waals surface area contributed by atoms with Crippen molar-refractivity contribution < 1.29 is 26.7 Å². The van der Waals surface area contributed by atoms with Crippen molar-refractivity contribution in [3.8, 4) is 5.19 Å². The van der Waals surface area contributed by atoms with Gasteiger partial charge in [0.15, 0.2) is 16.4 Å². The van der Waals surface area contributed by atoms with Gasteiger partial charge in [-0.25, -0.2) is 22.2 Å². The van der Waals surface area contributed by atoms with Gasteiger partial charge in [-0.3, -0.25) is 9.69 Å². The highest BCUT2D eigenvalue weighted by Gasteiger charge is 2.27. The largest absolute Gasteiger partial charge is 0.464 e. The number of halogens is 2. The Bertz CT molecular complexity index is 1140. The zero-order valence-corrected chi connectivity index (χ0v) is 23.0. The molecule has 0 radical (unpaired) electrons. The van der Waals surface area contributed by atoms with Gasteiger partial charge in [0.25, 0.3) is 11.1 Å². The Balaban J connectivity index is 1.13. The molecule has 1 saturated carbocycles. The first-order chi connectivity index (χ1) is 17.6. The number of benzene rings is 1. The molecule has 1 fully saturated rings. The second kappa shape index (κ2) is 12.3. The van der Waals surface area contributed by atoms with Crippen molar-refractivity contribution in [3.63, 3.8) is 0 Å². The number of alkyl halides is 2. The molecular weight excluding hydrogens is 518 g/mol. The molecule has 0 atom stereocenters. The van der Waals surface area contributed by atoms with Crippen LogP contribution in [0.25, 0.3) is 0 Å². The van der Waals surface area contributed by atoms with Crippen molar-refractivity contribution >= 4 is 27.0 Å². The normalized spacial score (nSPS) is 20.9. The minimum absolute atomic E-state index is 0.0429. The number of thiazole rings is 1. The SMILES string of the molecule is CC(F)(F)COc1nc2c(s1)CCN(CCC1CCC(CC(=O)CCS(=O)(=O)c3ccccc3)CC1)C2. The van der Waals surface area contributed by atoms with E-state index in [2.05, 4.69) is 9.88 Å². The topological polar surface area (TPSA) is 76.6 Å². The lowest BCUT2D eigenvalue weighted by molar-refractivity contribution is -0.119. The zero-order valence-electron chi connectivity index (χ0n) is 21.3. The number of ether oxygens (including phenoxy) is 1. The minimum atomic E-state index is -3.42. The van der Waals surface area contributed by atoms with E-state index in [0.29, 0.717) is 23.5 Å². The Hall–Kier alpha value is -1.91. The van der Waals surface area contributed by atoms with Gasteiger partial charge in [-0.15, -0.1) is 0 Å². The van der Waals surface area contributed by atoms with Crippen molar-refractivity contribution in [3.05, 3.63) is 40.9 Å². The van der Waals surface area contributed by atoms with Crippen LogP contribution in [0.1, 0.15) is 62.4 Å². The first kappa shape index (κ1) is 28.1. The molecular formula is C27H36F2N2O4S2. The monoisotopic (exact) mass is 554 g/mol. The van der Waals surface area contributed by atoms with Gasteiger partial charge in [-0.05, 0) is 56.2 Å². The van der Waals surface area contributed by atoms with Crippen LogP contribution in [-0.2, 0) is 27.6 Å². The Labute approximate surface area is 222 Å². The zero-order chi connectivity index (χ0) is 26.5. The summed E-state index contributed by atoms with van der Waals surface area (Å²) in [6.07, 6.45) is 6.75. The number of ketones is 1. The molecule has 1 aliphatic heterocycles. The van der Waals surface area contributed by atoms with Crippen molar-refractivity contribution in [1.82, 2.24) is 9.88 Å². The number of carbonyl (C=O) groups excluding carboxylic acids is 1. The average Bonchev–Trinajstić information content (AvgIpc) is 3.28. The lowest BCUT2D eigenvalue weighted by atomic mass is 9.78. The van der Waals surface area contributed by atoms with Crippen LogP contribution >= 0.6 is 11.3 Å². The molecule has 1 aliphatic carbocycles. The van der Waals surface area contributed by atoms with Gasteiger partial charge in [0.2, 0.25) is 0 Å². The Kier molecular flexibility index (Phi) is 9.34. The fourth-order valence-corrected chi connectivity index (χ4v) is 7.39. The Morgan fingerprint density at radius 2 is 1.86 bits per heavy atom. The molecule has 204 valence electrons. The second-order valence-electron chi connectivity index (χ2n) is 10.5. The number of carbonyl (C=O) groups is 1. The van der Waals surface area contributed by atoms with Crippen molar-refractivity contribution in [1.29, 1.82) is 0 Å². The molecule has 0 N–H and O–H groups in total. The van der Waals surface area contributed by atoms with Crippen molar-refractivity contribution in [2.75, 3.05) is 25.4 Å². The summed E-state index contributed by atoms with van der Waals surface area (Å²) < 4.78 is 56.1. The number of nitrogens with zero attached hydrogens (tertiary/aromatic N) is 2. The van der Waals surface area contributed by atoms with Crippen LogP contribution in [0.15, 0.2) is 35.2 Å². The first-order valence-electron chi connectivity index (χ1n) is 13.1. The fourth-order valence-electron chi connectivity index (χ4n) is 5.18. The van der Waals surface area contributed by atoms with Gasteiger partial charge in [0.1, 0.15) is 5.78 Å². The van der Waals surface area contributed by atoms with Crippen LogP contribution in [0.2, 0.25) is 0 Å². The first-order valence-corrected chi connectivity index (χ1v) is 15.6. The predicted molar refractivity (Wildman–Crippen MR) is 140 cm³/mol.